The molecule has 0 saturated heterocycles. The van der Waals surface area contributed by atoms with Crippen LogP contribution in [0.1, 0.15) is 36.1 Å². The molecule has 9 aromatic rings. The lowest BCUT2D eigenvalue weighted by molar-refractivity contribution is 0.629. The van der Waals surface area contributed by atoms with Crippen molar-refractivity contribution in [3.8, 4) is 22.3 Å². The smallest absolute Gasteiger partial charge is 0.0178 e. The van der Waals surface area contributed by atoms with E-state index in [4.69, 9.17) is 0 Å². The third kappa shape index (κ3) is 4.15. The minimum Gasteiger partial charge on any atom is -0.0616 e. The summed E-state index contributed by atoms with van der Waals surface area (Å²) in [5.41, 5.74) is 10.2. The van der Waals surface area contributed by atoms with Crippen LogP contribution in [0.25, 0.3) is 77.5 Å². The summed E-state index contributed by atoms with van der Waals surface area (Å²) in [6.45, 7) is 4.81. The summed E-state index contributed by atoms with van der Waals surface area (Å²) in [6, 6.07) is 56.6. The first-order valence-corrected chi connectivity index (χ1v) is 18.9. The largest absolute Gasteiger partial charge is 0.0616 e. The van der Waals surface area contributed by atoms with Gasteiger partial charge in [0.05, 0.1) is 0 Å². The summed E-state index contributed by atoms with van der Waals surface area (Å²) in [5.74, 6) is 0. The fraction of sp³-hybridized carbons (Fsp3) is 0.0588. The molecule has 11 rings (SSSR count). The van der Waals surface area contributed by atoms with E-state index in [0.717, 1.165) is 4.47 Å². The van der Waals surface area contributed by atoms with Crippen LogP contribution in [0.3, 0.4) is 0 Å². The monoisotopic (exact) mass is 724 g/mol. The number of halogens is 1. The number of hydrogen-bond acceptors (Lipinski definition) is 0. The van der Waals surface area contributed by atoms with Crippen molar-refractivity contribution >= 4 is 71.2 Å². The van der Waals surface area contributed by atoms with Gasteiger partial charge >= 0.3 is 0 Å². The zero-order chi connectivity index (χ0) is 34.7. The predicted molar refractivity (Wildman–Crippen MR) is 224 cm³/mol. The molecule has 9 aromatic carbocycles. The fourth-order valence-electron chi connectivity index (χ4n) is 9.43. The van der Waals surface area contributed by atoms with Crippen LogP contribution in [-0.4, -0.2) is 0 Å². The molecule has 2 aliphatic carbocycles. The normalized spacial score (nSPS) is 13.8. The highest BCUT2D eigenvalue weighted by atomic mass is 79.9. The summed E-state index contributed by atoms with van der Waals surface area (Å²) in [4.78, 5) is 0. The second-order valence-corrected chi connectivity index (χ2v) is 15.9. The van der Waals surface area contributed by atoms with Gasteiger partial charge < -0.3 is 0 Å². The van der Waals surface area contributed by atoms with Crippen molar-refractivity contribution in [2.24, 2.45) is 0 Å². The molecule has 0 spiro atoms. The zero-order valence-corrected chi connectivity index (χ0v) is 30.6. The van der Waals surface area contributed by atoms with Gasteiger partial charge in [-0.1, -0.05) is 151 Å². The lowest BCUT2D eigenvalue weighted by atomic mass is 9.70. The summed E-state index contributed by atoms with van der Waals surface area (Å²) in [5, 5.41) is 15.5. The zero-order valence-electron chi connectivity index (χ0n) is 29.0. The Labute approximate surface area is 310 Å². The van der Waals surface area contributed by atoms with E-state index >= 15 is 0 Å². The van der Waals surface area contributed by atoms with Crippen molar-refractivity contribution in [1.82, 2.24) is 0 Å². The van der Waals surface area contributed by atoms with Gasteiger partial charge in [0.15, 0.2) is 0 Å². The summed E-state index contributed by atoms with van der Waals surface area (Å²) in [7, 11) is 0. The van der Waals surface area contributed by atoms with Gasteiger partial charge in [-0.15, -0.1) is 0 Å². The number of hydrogen-bond donors (Lipinski definition) is 0. The van der Waals surface area contributed by atoms with Crippen LogP contribution >= 0.6 is 15.9 Å². The SMILES string of the molecule is CC1(C)c2cc(Br)ccc2C=c2c1cc1c(c2-c2cc3ccccc3c3ccccc23)C=c2cccc(-c3cc4ccccc4c4ccccc34)c2=1. The molecule has 0 unspecified atom stereocenters. The van der Waals surface area contributed by atoms with Crippen molar-refractivity contribution in [2.45, 2.75) is 19.3 Å². The van der Waals surface area contributed by atoms with Crippen LogP contribution in [0.4, 0.5) is 0 Å². The van der Waals surface area contributed by atoms with Crippen molar-refractivity contribution in [1.29, 1.82) is 0 Å². The third-order valence-corrected chi connectivity index (χ3v) is 12.3. The maximum absolute atomic E-state index is 3.81. The molecule has 0 fully saturated rings. The van der Waals surface area contributed by atoms with Gasteiger partial charge in [0.1, 0.15) is 0 Å². The highest BCUT2D eigenvalue weighted by molar-refractivity contribution is 9.10. The molecule has 0 aromatic heterocycles. The summed E-state index contributed by atoms with van der Waals surface area (Å²) in [6.07, 6.45) is 4.92. The summed E-state index contributed by atoms with van der Waals surface area (Å²) < 4.78 is 1.11. The number of benzene rings is 9. The fourth-order valence-corrected chi connectivity index (χ4v) is 9.79. The lowest BCUT2D eigenvalue weighted by Crippen LogP contribution is -2.33. The Morgan fingerprint density at radius 2 is 1.06 bits per heavy atom. The molecule has 0 heterocycles. The van der Waals surface area contributed by atoms with Crippen molar-refractivity contribution in [3.63, 3.8) is 0 Å². The molecule has 52 heavy (non-hydrogen) atoms. The lowest BCUT2D eigenvalue weighted by Gasteiger charge is -2.33. The Balaban J connectivity index is 1.36. The maximum atomic E-state index is 3.81. The quantitative estimate of drug-likeness (QED) is 0.156. The van der Waals surface area contributed by atoms with E-state index < -0.39 is 0 Å². The Morgan fingerprint density at radius 3 is 1.75 bits per heavy atom. The van der Waals surface area contributed by atoms with E-state index in [1.54, 1.807) is 0 Å². The number of fused-ring (bicyclic) bond motifs is 10. The first-order valence-electron chi connectivity index (χ1n) is 18.1. The second-order valence-electron chi connectivity index (χ2n) is 15.0. The molecule has 0 N–H and O–H groups in total. The average molecular weight is 726 g/mol. The van der Waals surface area contributed by atoms with Crippen LogP contribution in [-0.2, 0) is 5.41 Å². The molecule has 0 aliphatic heterocycles. The van der Waals surface area contributed by atoms with E-state index in [0.29, 0.717) is 0 Å². The van der Waals surface area contributed by atoms with Crippen LogP contribution in [0, 0.1) is 10.4 Å². The van der Waals surface area contributed by atoms with E-state index in [2.05, 4.69) is 194 Å². The van der Waals surface area contributed by atoms with Gasteiger partial charge in [0.25, 0.3) is 0 Å². The molecule has 0 amide bonds. The van der Waals surface area contributed by atoms with Gasteiger partial charge in [-0.25, -0.2) is 0 Å². The van der Waals surface area contributed by atoms with Crippen LogP contribution in [0.15, 0.2) is 156 Å². The predicted octanol–water partition coefficient (Wildman–Crippen LogP) is 12.3. The van der Waals surface area contributed by atoms with E-state index in [-0.39, 0.29) is 5.41 Å². The Bertz CT molecular complexity index is 3270. The molecule has 0 bridgehead atoms. The van der Waals surface area contributed by atoms with E-state index in [1.165, 1.54) is 108 Å². The molecule has 0 saturated carbocycles. The molecule has 1 heteroatoms. The van der Waals surface area contributed by atoms with Crippen LogP contribution in [0.5, 0.6) is 0 Å². The first kappa shape index (κ1) is 29.9. The topological polar surface area (TPSA) is 0 Å². The van der Waals surface area contributed by atoms with Crippen molar-refractivity contribution in [2.75, 3.05) is 0 Å². The van der Waals surface area contributed by atoms with E-state index in [9.17, 15) is 0 Å². The average Bonchev–Trinajstić information content (AvgIpc) is 3.56. The van der Waals surface area contributed by atoms with Crippen molar-refractivity contribution < 1.29 is 0 Å². The molecule has 0 atom stereocenters. The maximum Gasteiger partial charge on any atom is 0.0178 e. The second kappa shape index (κ2) is 10.9. The summed E-state index contributed by atoms with van der Waals surface area (Å²) >= 11 is 3.81. The van der Waals surface area contributed by atoms with Gasteiger partial charge in [0.2, 0.25) is 0 Å². The minimum atomic E-state index is -0.229. The highest BCUT2D eigenvalue weighted by Crippen LogP contribution is 2.43. The molecule has 0 radical (unpaired) electrons. The first-order chi connectivity index (χ1) is 25.5. The minimum absolute atomic E-state index is 0.229. The molecule has 244 valence electrons. The highest BCUT2D eigenvalue weighted by Gasteiger charge is 2.33. The van der Waals surface area contributed by atoms with E-state index in [1.807, 2.05) is 0 Å². The Kier molecular flexibility index (Phi) is 6.26. The van der Waals surface area contributed by atoms with Gasteiger partial charge in [-0.2, -0.15) is 0 Å². The molecule has 2 aliphatic rings. The molecular formula is C51H33Br. The van der Waals surface area contributed by atoms with Gasteiger partial charge in [-0.05, 0) is 151 Å². The molecule has 0 nitrogen and oxygen atoms in total. The van der Waals surface area contributed by atoms with Gasteiger partial charge in [-0.3, -0.25) is 0 Å². The molecular weight excluding hydrogens is 692 g/mol. The van der Waals surface area contributed by atoms with Crippen LogP contribution in [0.2, 0.25) is 0 Å². The Morgan fingerprint density at radius 1 is 0.462 bits per heavy atom. The number of rotatable bonds is 2. The Hall–Kier alpha value is -5.76. The third-order valence-electron chi connectivity index (χ3n) is 11.8. The van der Waals surface area contributed by atoms with Gasteiger partial charge in [0, 0.05) is 9.89 Å². The van der Waals surface area contributed by atoms with Crippen molar-refractivity contribution in [3.05, 3.63) is 199 Å². The standard InChI is InChI=1S/C51H33Br/c1-51(2)47-28-34(52)23-22-32(47)26-46-48(51)29-45-44(50(46)43-25-31-13-4-6-16-36(31)38-18-8-10-20-40(38)43)27-33-14-11-21-41(49(33)45)42-24-30-12-3-5-15-35(30)37-17-7-9-19-39(37)42/h3-29H,1-2H3. The van der Waals surface area contributed by atoms with Crippen LogP contribution < -0.4 is 10.4 Å².